The summed E-state index contributed by atoms with van der Waals surface area (Å²) in [4.78, 5) is 12.3. The number of hydrogen-bond donors (Lipinski definition) is 2. The number of rotatable bonds is 5. The second-order valence-corrected chi connectivity index (χ2v) is 7.30. The molecule has 24 heavy (non-hydrogen) atoms. The van der Waals surface area contributed by atoms with Crippen molar-refractivity contribution in [3.05, 3.63) is 23.0 Å². The molecular weight excluding hydrogens is 348 g/mol. The van der Waals surface area contributed by atoms with Gasteiger partial charge in [0.25, 0.3) is 5.91 Å². The fourth-order valence-corrected chi connectivity index (χ4v) is 3.57. The molecule has 0 aliphatic carbocycles. The van der Waals surface area contributed by atoms with Crippen molar-refractivity contribution >= 4 is 34.8 Å². The molecule has 1 atom stereocenters. The van der Waals surface area contributed by atoms with Gasteiger partial charge in [0.1, 0.15) is 5.01 Å². The van der Waals surface area contributed by atoms with E-state index in [-0.39, 0.29) is 18.3 Å². The van der Waals surface area contributed by atoms with Gasteiger partial charge in [-0.1, -0.05) is 25.2 Å². The van der Waals surface area contributed by atoms with E-state index in [0.29, 0.717) is 22.8 Å². The molecule has 1 saturated heterocycles. The lowest BCUT2D eigenvalue weighted by Gasteiger charge is -2.22. The molecule has 1 aliphatic rings. The Morgan fingerprint density at radius 1 is 1.50 bits per heavy atom. The summed E-state index contributed by atoms with van der Waals surface area (Å²) in [6, 6.07) is 2.07. The van der Waals surface area contributed by atoms with E-state index in [1.54, 1.807) is 6.07 Å². The van der Waals surface area contributed by atoms with Gasteiger partial charge in [-0.15, -0.1) is 22.6 Å². The molecule has 0 saturated carbocycles. The summed E-state index contributed by atoms with van der Waals surface area (Å²) in [5.41, 5.74) is 0.413. The molecule has 1 unspecified atom stereocenters. The SMILES string of the molecule is CC(C)Cc1nnc(NC(=O)c2ccn(C3CCCNC3)n2)s1.Cl. The van der Waals surface area contributed by atoms with E-state index in [1.165, 1.54) is 11.3 Å². The molecule has 0 spiro atoms. The molecular formula is C15H23ClN6OS. The van der Waals surface area contributed by atoms with Gasteiger partial charge in [-0.2, -0.15) is 5.10 Å². The zero-order chi connectivity index (χ0) is 16.2. The number of nitrogens with one attached hydrogen (secondary N) is 2. The van der Waals surface area contributed by atoms with Crippen molar-refractivity contribution in [2.24, 2.45) is 5.92 Å². The van der Waals surface area contributed by atoms with Crippen LogP contribution in [0.5, 0.6) is 0 Å². The Morgan fingerprint density at radius 3 is 3.04 bits per heavy atom. The number of amides is 1. The van der Waals surface area contributed by atoms with E-state index in [4.69, 9.17) is 0 Å². The van der Waals surface area contributed by atoms with E-state index in [0.717, 1.165) is 37.4 Å². The van der Waals surface area contributed by atoms with Crippen LogP contribution in [0.25, 0.3) is 0 Å². The Balaban J connectivity index is 0.00000208. The van der Waals surface area contributed by atoms with Crippen LogP contribution >= 0.6 is 23.7 Å². The number of halogens is 1. The lowest BCUT2D eigenvalue weighted by molar-refractivity contribution is 0.102. The summed E-state index contributed by atoms with van der Waals surface area (Å²) in [6.07, 6.45) is 4.97. The molecule has 0 bridgehead atoms. The molecule has 2 aromatic rings. The molecule has 1 aliphatic heterocycles. The lowest BCUT2D eigenvalue weighted by atomic mass is 10.1. The van der Waals surface area contributed by atoms with Gasteiger partial charge >= 0.3 is 0 Å². The third-order valence-corrected chi connectivity index (χ3v) is 4.62. The minimum absolute atomic E-state index is 0. The van der Waals surface area contributed by atoms with Crippen LogP contribution in [0, 0.1) is 5.92 Å². The average Bonchev–Trinajstić information content (AvgIpc) is 3.17. The highest BCUT2D eigenvalue weighted by molar-refractivity contribution is 7.15. The Labute approximate surface area is 151 Å². The van der Waals surface area contributed by atoms with Crippen molar-refractivity contribution in [1.82, 2.24) is 25.3 Å². The van der Waals surface area contributed by atoms with E-state index >= 15 is 0 Å². The molecule has 1 fully saturated rings. The first-order chi connectivity index (χ1) is 11.1. The van der Waals surface area contributed by atoms with Crippen LogP contribution in [-0.4, -0.2) is 39.0 Å². The monoisotopic (exact) mass is 370 g/mol. The van der Waals surface area contributed by atoms with Gasteiger partial charge in [0.2, 0.25) is 5.13 Å². The Bertz CT molecular complexity index is 664. The van der Waals surface area contributed by atoms with Gasteiger partial charge in [0, 0.05) is 19.2 Å². The molecule has 0 aromatic carbocycles. The largest absolute Gasteiger partial charge is 0.315 e. The summed E-state index contributed by atoms with van der Waals surface area (Å²) >= 11 is 1.42. The standard InChI is InChI=1S/C15H22N6OS.ClH/c1-10(2)8-13-18-19-15(23-13)17-14(22)12-5-7-21(20-12)11-4-3-6-16-9-11;/h5,7,10-11,16H,3-4,6,8-9H2,1-2H3,(H,17,19,22);1H. The summed E-state index contributed by atoms with van der Waals surface area (Å²) in [5.74, 6) is 0.283. The lowest BCUT2D eigenvalue weighted by Crippen LogP contribution is -2.32. The first-order valence-electron chi connectivity index (χ1n) is 8.01. The smallest absolute Gasteiger partial charge is 0.277 e. The minimum atomic E-state index is -0.236. The van der Waals surface area contributed by atoms with Gasteiger partial charge in [-0.3, -0.25) is 14.8 Å². The van der Waals surface area contributed by atoms with Crippen LogP contribution in [0.1, 0.15) is 48.2 Å². The molecule has 9 heteroatoms. The number of piperidine rings is 1. The summed E-state index contributed by atoms with van der Waals surface area (Å²) in [5, 5.41) is 20.1. The Kier molecular flexibility index (Phi) is 6.70. The van der Waals surface area contributed by atoms with Crippen molar-refractivity contribution in [2.75, 3.05) is 18.4 Å². The number of carbonyl (C=O) groups excluding carboxylic acids is 1. The molecule has 7 nitrogen and oxygen atoms in total. The first kappa shape index (κ1) is 18.8. The highest BCUT2D eigenvalue weighted by Crippen LogP contribution is 2.19. The third-order valence-electron chi connectivity index (χ3n) is 3.76. The number of carbonyl (C=O) groups is 1. The van der Waals surface area contributed by atoms with Crippen LogP contribution < -0.4 is 10.6 Å². The normalized spacial score (nSPS) is 17.5. The van der Waals surface area contributed by atoms with Gasteiger partial charge in [-0.05, 0) is 31.4 Å². The highest BCUT2D eigenvalue weighted by Gasteiger charge is 2.18. The first-order valence-corrected chi connectivity index (χ1v) is 8.83. The summed E-state index contributed by atoms with van der Waals surface area (Å²) < 4.78 is 1.88. The molecule has 1 amide bonds. The molecule has 0 radical (unpaired) electrons. The Morgan fingerprint density at radius 2 is 2.33 bits per heavy atom. The predicted molar refractivity (Wildman–Crippen MR) is 97.0 cm³/mol. The minimum Gasteiger partial charge on any atom is -0.315 e. The van der Waals surface area contributed by atoms with E-state index < -0.39 is 0 Å². The van der Waals surface area contributed by atoms with Crippen molar-refractivity contribution in [3.8, 4) is 0 Å². The molecule has 2 aromatic heterocycles. The molecule has 2 N–H and O–H groups in total. The topological polar surface area (TPSA) is 84.7 Å². The van der Waals surface area contributed by atoms with Crippen molar-refractivity contribution in [1.29, 1.82) is 0 Å². The number of nitrogens with zero attached hydrogens (tertiary/aromatic N) is 4. The maximum atomic E-state index is 12.3. The van der Waals surface area contributed by atoms with Crippen LogP contribution in [-0.2, 0) is 6.42 Å². The predicted octanol–water partition coefficient (Wildman–Crippen LogP) is 2.53. The number of hydrogen-bond acceptors (Lipinski definition) is 6. The van der Waals surface area contributed by atoms with Gasteiger partial charge in [0.15, 0.2) is 5.69 Å². The van der Waals surface area contributed by atoms with Crippen LogP contribution in [0.2, 0.25) is 0 Å². The quantitative estimate of drug-likeness (QED) is 0.844. The van der Waals surface area contributed by atoms with E-state index in [2.05, 4.69) is 39.8 Å². The van der Waals surface area contributed by atoms with Crippen LogP contribution in [0.15, 0.2) is 12.3 Å². The van der Waals surface area contributed by atoms with Crippen LogP contribution in [0.4, 0.5) is 5.13 Å². The maximum Gasteiger partial charge on any atom is 0.277 e. The third kappa shape index (κ3) is 4.75. The van der Waals surface area contributed by atoms with Gasteiger partial charge < -0.3 is 5.32 Å². The summed E-state index contributed by atoms with van der Waals surface area (Å²) in [7, 11) is 0. The second kappa shape index (κ2) is 8.55. The van der Waals surface area contributed by atoms with Crippen LogP contribution in [0.3, 0.4) is 0 Å². The number of anilines is 1. The zero-order valence-corrected chi connectivity index (χ0v) is 15.5. The van der Waals surface area contributed by atoms with E-state index in [1.807, 2.05) is 10.9 Å². The second-order valence-electron chi connectivity index (χ2n) is 6.23. The Hall–Kier alpha value is -1.51. The van der Waals surface area contributed by atoms with Crippen molar-refractivity contribution in [2.45, 2.75) is 39.2 Å². The van der Waals surface area contributed by atoms with Crippen molar-refractivity contribution < 1.29 is 4.79 Å². The average molecular weight is 371 g/mol. The van der Waals surface area contributed by atoms with Gasteiger partial charge in [-0.25, -0.2) is 0 Å². The highest BCUT2D eigenvalue weighted by atomic mass is 35.5. The maximum absolute atomic E-state index is 12.3. The van der Waals surface area contributed by atoms with Crippen molar-refractivity contribution in [3.63, 3.8) is 0 Å². The molecule has 3 heterocycles. The fraction of sp³-hybridized carbons (Fsp3) is 0.600. The zero-order valence-electron chi connectivity index (χ0n) is 13.9. The number of aromatic nitrogens is 4. The fourth-order valence-electron chi connectivity index (χ4n) is 2.62. The van der Waals surface area contributed by atoms with E-state index in [9.17, 15) is 4.79 Å². The summed E-state index contributed by atoms with van der Waals surface area (Å²) in [6.45, 7) is 6.22. The molecule has 132 valence electrons. The molecule has 3 rings (SSSR count). The van der Waals surface area contributed by atoms with Gasteiger partial charge in [0.05, 0.1) is 6.04 Å².